The molecule has 6 nitrogen and oxygen atoms in total. The molecule has 0 aromatic heterocycles. The van der Waals surface area contributed by atoms with Gasteiger partial charge in [0.25, 0.3) is 5.91 Å². The molecule has 2 amide bonds. The summed E-state index contributed by atoms with van der Waals surface area (Å²) in [6, 6.07) is 17.4. The summed E-state index contributed by atoms with van der Waals surface area (Å²) in [7, 11) is 1.58. The molecule has 0 bridgehead atoms. The molecule has 27 heavy (non-hydrogen) atoms. The van der Waals surface area contributed by atoms with Gasteiger partial charge >= 0.3 is 0 Å². The smallest absolute Gasteiger partial charge is 0.262 e. The van der Waals surface area contributed by atoms with E-state index in [1.54, 1.807) is 7.05 Å². The first-order valence-corrected chi connectivity index (χ1v) is 9.16. The first-order chi connectivity index (χ1) is 13.1. The van der Waals surface area contributed by atoms with Crippen LogP contribution in [0.15, 0.2) is 54.6 Å². The molecule has 0 fully saturated rings. The zero-order valence-corrected chi connectivity index (χ0v) is 15.7. The molecule has 142 valence electrons. The van der Waals surface area contributed by atoms with E-state index in [-0.39, 0.29) is 18.4 Å². The molecule has 1 aliphatic rings. The van der Waals surface area contributed by atoms with Crippen LogP contribution in [0.5, 0.6) is 5.75 Å². The van der Waals surface area contributed by atoms with Crippen molar-refractivity contribution in [2.24, 2.45) is 0 Å². The Morgan fingerprint density at radius 2 is 1.85 bits per heavy atom. The van der Waals surface area contributed by atoms with E-state index in [1.165, 1.54) is 0 Å². The van der Waals surface area contributed by atoms with Crippen LogP contribution in [0.4, 0.5) is 5.69 Å². The van der Waals surface area contributed by atoms with Gasteiger partial charge in [0.05, 0.1) is 18.8 Å². The number of ether oxygens (including phenoxy) is 1. The van der Waals surface area contributed by atoms with Crippen LogP contribution in [0, 0.1) is 0 Å². The lowest BCUT2D eigenvalue weighted by atomic mass is 10.1. The zero-order chi connectivity index (χ0) is 19.2. The molecule has 0 spiro atoms. The lowest BCUT2D eigenvalue weighted by Gasteiger charge is -2.36. The van der Waals surface area contributed by atoms with Gasteiger partial charge in [0, 0.05) is 20.1 Å². The van der Waals surface area contributed by atoms with Gasteiger partial charge in [-0.05, 0) is 24.6 Å². The number of carbonyl (C=O) groups is 2. The van der Waals surface area contributed by atoms with Crippen LogP contribution in [-0.2, 0) is 16.1 Å². The maximum Gasteiger partial charge on any atom is 0.262 e. The number of likely N-dealkylation sites (N-methyl/N-ethyl adjacent to an activating group) is 2. The van der Waals surface area contributed by atoms with Crippen molar-refractivity contribution in [1.29, 1.82) is 0 Å². The third-order valence-corrected chi connectivity index (χ3v) is 4.68. The Bertz CT molecular complexity index is 794. The minimum Gasteiger partial charge on any atom is -0.477 e. The average molecular weight is 367 g/mol. The number of anilines is 1. The predicted octanol–water partition coefficient (Wildman–Crippen LogP) is 2.05. The second kappa shape index (κ2) is 8.58. The van der Waals surface area contributed by atoms with Crippen molar-refractivity contribution in [2.75, 3.05) is 31.6 Å². The number of carbonyl (C=O) groups excluding carboxylic acids is 2. The quantitative estimate of drug-likeness (QED) is 0.849. The zero-order valence-electron chi connectivity index (χ0n) is 15.7. The van der Waals surface area contributed by atoms with Crippen molar-refractivity contribution in [1.82, 2.24) is 10.2 Å². The summed E-state index contributed by atoms with van der Waals surface area (Å²) in [6.45, 7) is 3.71. The van der Waals surface area contributed by atoms with Crippen LogP contribution < -0.4 is 15.0 Å². The number of hydrogen-bond acceptors (Lipinski definition) is 4. The van der Waals surface area contributed by atoms with Crippen LogP contribution >= 0.6 is 0 Å². The molecule has 0 saturated carbocycles. The minimum atomic E-state index is -0.637. The first kappa shape index (κ1) is 18.8. The molecule has 1 aliphatic heterocycles. The Hall–Kier alpha value is -3.02. The normalized spacial score (nSPS) is 15.5. The van der Waals surface area contributed by atoms with E-state index in [4.69, 9.17) is 4.74 Å². The molecule has 1 atom stereocenters. The summed E-state index contributed by atoms with van der Waals surface area (Å²) in [4.78, 5) is 28.8. The summed E-state index contributed by atoms with van der Waals surface area (Å²) >= 11 is 0. The topological polar surface area (TPSA) is 61.9 Å². The van der Waals surface area contributed by atoms with Crippen molar-refractivity contribution in [3.8, 4) is 5.75 Å². The average Bonchev–Trinajstić information content (AvgIpc) is 2.71. The summed E-state index contributed by atoms with van der Waals surface area (Å²) in [5.41, 5.74) is 1.93. The molecule has 0 unspecified atom stereocenters. The number of fused-ring (bicyclic) bond motifs is 1. The number of nitrogens with one attached hydrogen (secondary N) is 1. The van der Waals surface area contributed by atoms with Crippen molar-refractivity contribution in [3.63, 3.8) is 0 Å². The predicted molar refractivity (Wildman–Crippen MR) is 105 cm³/mol. The Labute approximate surface area is 159 Å². The van der Waals surface area contributed by atoms with E-state index < -0.39 is 6.10 Å². The van der Waals surface area contributed by atoms with E-state index >= 15 is 0 Å². The SMILES string of the molecule is CCN(Cc1ccccc1)C(=O)CN1C[C@@H](C(=O)NC)Oc2ccccc21. The summed E-state index contributed by atoms with van der Waals surface area (Å²) in [6.07, 6.45) is -0.637. The van der Waals surface area contributed by atoms with Crippen molar-refractivity contribution < 1.29 is 14.3 Å². The largest absolute Gasteiger partial charge is 0.477 e. The van der Waals surface area contributed by atoms with Crippen LogP contribution in [0.1, 0.15) is 12.5 Å². The van der Waals surface area contributed by atoms with Gasteiger partial charge in [-0.1, -0.05) is 42.5 Å². The number of para-hydroxylation sites is 2. The molecule has 0 saturated heterocycles. The van der Waals surface area contributed by atoms with Gasteiger partial charge in [0.1, 0.15) is 5.75 Å². The molecule has 2 aromatic carbocycles. The van der Waals surface area contributed by atoms with Crippen LogP contribution in [0.25, 0.3) is 0 Å². The summed E-state index contributed by atoms with van der Waals surface area (Å²) in [5, 5.41) is 2.62. The maximum atomic E-state index is 12.9. The van der Waals surface area contributed by atoms with Gasteiger partial charge in [-0.2, -0.15) is 0 Å². The summed E-state index contributed by atoms with van der Waals surface area (Å²) < 4.78 is 5.80. The van der Waals surface area contributed by atoms with Crippen LogP contribution in [-0.4, -0.2) is 49.5 Å². The van der Waals surface area contributed by atoms with Gasteiger partial charge < -0.3 is 19.9 Å². The first-order valence-electron chi connectivity index (χ1n) is 9.16. The second-order valence-electron chi connectivity index (χ2n) is 6.46. The Morgan fingerprint density at radius 3 is 2.56 bits per heavy atom. The standard InChI is InChI=1S/C21H25N3O3/c1-3-23(13-16-9-5-4-6-10-16)20(25)15-24-14-19(21(26)22-2)27-18-12-8-7-11-17(18)24/h4-12,19H,3,13-15H2,1-2H3,(H,22,26)/t19-/m0/s1. The van der Waals surface area contributed by atoms with Gasteiger partial charge in [0.15, 0.2) is 6.10 Å². The molecular formula is C21H25N3O3. The highest BCUT2D eigenvalue weighted by Gasteiger charge is 2.31. The molecule has 2 aromatic rings. The van der Waals surface area contributed by atoms with Gasteiger partial charge in [-0.15, -0.1) is 0 Å². The monoisotopic (exact) mass is 367 g/mol. The fraction of sp³-hybridized carbons (Fsp3) is 0.333. The van der Waals surface area contributed by atoms with E-state index in [0.717, 1.165) is 11.3 Å². The van der Waals surface area contributed by atoms with Crippen molar-refractivity contribution in [2.45, 2.75) is 19.6 Å². The highest BCUT2D eigenvalue weighted by Crippen LogP contribution is 2.33. The van der Waals surface area contributed by atoms with Gasteiger partial charge in [0.2, 0.25) is 5.91 Å². The van der Waals surface area contributed by atoms with E-state index in [9.17, 15) is 9.59 Å². The molecule has 0 aliphatic carbocycles. The van der Waals surface area contributed by atoms with E-state index in [0.29, 0.717) is 25.4 Å². The van der Waals surface area contributed by atoms with Gasteiger partial charge in [-0.3, -0.25) is 9.59 Å². The molecule has 3 rings (SSSR count). The van der Waals surface area contributed by atoms with Crippen molar-refractivity contribution in [3.05, 3.63) is 60.2 Å². The number of rotatable bonds is 6. The van der Waals surface area contributed by atoms with Gasteiger partial charge in [-0.25, -0.2) is 0 Å². The highest BCUT2D eigenvalue weighted by molar-refractivity contribution is 5.86. The minimum absolute atomic E-state index is 0.0220. The fourth-order valence-corrected chi connectivity index (χ4v) is 3.20. The maximum absolute atomic E-state index is 12.9. The lowest BCUT2D eigenvalue weighted by molar-refractivity contribution is -0.131. The van der Waals surface area contributed by atoms with Crippen LogP contribution in [0.2, 0.25) is 0 Å². The molecular weight excluding hydrogens is 342 g/mol. The number of hydrogen-bond donors (Lipinski definition) is 1. The van der Waals surface area contributed by atoms with Crippen molar-refractivity contribution >= 4 is 17.5 Å². The molecule has 1 N–H and O–H groups in total. The Morgan fingerprint density at radius 1 is 1.15 bits per heavy atom. The number of amides is 2. The second-order valence-corrected chi connectivity index (χ2v) is 6.46. The fourth-order valence-electron chi connectivity index (χ4n) is 3.20. The van der Waals surface area contributed by atoms with E-state index in [2.05, 4.69) is 5.32 Å². The third kappa shape index (κ3) is 4.39. The van der Waals surface area contributed by atoms with E-state index in [1.807, 2.05) is 71.3 Å². The number of benzene rings is 2. The highest BCUT2D eigenvalue weighted by atomic mass is 16.5. The molecule has 6 heteroatoms. The summed E-state index contributed by atoms with van der Waals surface area (Å²) in [5.74, 6) is 0.448. The lowest BCUT2D eigenvalue weighted by Crippen LogP contribution is -2.51. The Kier molecular flexibility index (Phi) is 5.96. The molecule has 0 radical (unpaired) electrons. The van der Waals surface area contributed by atoms with Crippen LogP contribution in [0.3, 0.4) is 0 Å². The number of nitrogens with zero attached hydrogens (tertiary/aromatic N) is 2. The molecule has 1 heterocycles. The Balaban J connectivity index is 1.75. The third-order valence-electron chi connectivity index (χ3n) is 4.68.